The molecule has 0 radical (unpaired) electrons. The van der Waals surface area contributed by atoms with Gasteiger partial charge in [-0.3, -0.25) is 9.59 Å². The summed E-state index contributed by atoms with van der Waals surface area (Å²) < 4.78 is 5.17. The topological polar surface area (TPSA) is 58.6 Å². The summed E-state index contributed by atoms with van der Waals surface area (Å²) in [7, 11) is 1.60. The Morgan fingerprint density at radius 1 is 1.38 bits per heavy atom. The lowest BCUT2D eigenvalue weighted by molar-refractivity contribution is -0.125. The van der Waals surface area contributed by atoms with E-state index < -0.39 is 0 Å². The van der Waals surface area contributed by atoms with Gasteiger partial charge in [0.1, 0.15) is 5.75 Å². The van der Waals surface area contributed by atoms with Crippen molar-refractivity contribution in [2.24, 2.45) is 5.92 Å². The molecular formula is C16H20N2O3. The number of carbonyl (C=O) groups excluding carboxylic acids is 2. The van der Waals surface area contributed by atoms with E-state index in [0.717, 1.165) is 19.4 Å². The van der Waals surface area contributed by atoms with Crippen LogP contribution in [0.1, 0.15) is 29.6 Å². The molecule has 0 aromatic heterocycles. The summed E-state index contributed by atoms with van der Waals surface area (Å²) in [6.07, 6.45) is 2.28. The van der Waals surface area contributed by atoms with Crippen molar-refractivity contribution in [3.8, 4) is 5.75 Å². The number of nitrogens with one attached hydrogen (secondary N) is 1. The highest BCUT2D eigenvalue weighted by Crippen LogP contribution is 2.26. The average Bonchev–Trinajstić information content (AvgIpc) is 2.53. The number of methoxy groups -OCH3 is 1. The maximum Gasteiger partial charge on any atom is 0.253 e. The lowest BCUT2D eigenvalue weighted by atomic mass is 9.85. The summed E-state index contributed by atoms with van der Waals surface area (Å²) in [5.41, 5.74) is 0.660. The molecule has 112 valence electrons. The third-order valence-corrected chi connectivity index (χ3v) is 4.43. The molecule has 0 bridgehead atoms. The Hall–Kier alpha value is -2.04. The normalized spacial score (nSPS) is 25.0. The molecule has 3 rings (SSSR count). The molecule has 2 aliphatic rings. The third kappa shape index (κ3) is 2.86. The number of hydrogen-bond donors (Lipinski definition) is 1. The maximum atomic E-state index is 12.6. The SMILES string of the molecule is COc1cccc(C(=O)N2CCC3NC(=O)CCC3C2)c1. The number of nitrogens with zero attached hydrogens (tertiary/aromatic N) is 1. The first-order valence-electron chi connectivity index (χ1n) is 7.40. The van der Waals surface area contributed by atoms with Crippen LogP contribution in [0.25, 0.3) is 0 Å². The van der Waals surface area contributed by atoms with Gasteiger partial charge in [0.05, 0.1) is 7.11 Å². The van der Waals surface area contributed by atoms with Gasteiger partial charge in [0.15, 0.2) is 0 Å². The Morgan fingerprint density at radius 2 is 2.24 bits per heavy atom. The quantitative estimate of drug-likeness (QED) is 0.896. The number of fused-ring (bicyclic) bond motifs is 1. The first-order chi connectivity index (χ1) is 10.2. The Morgan fingerprint density at radius 3 is 3.05 bits per heavy atom. The fourth-order valence-electron chi connectivity index (χ4n) is 3.23. The van der Waals surface area contributed by atoms with Gasteiger partial charge in [0.25, 0.3) is 5.91 Å². The van der Waals surface area contributed by atoms with Crippen LogP contribution in [0.2, 0.25) is 0 Å². The highest BCUT2D eigenvalue weighted by atomic mass is 16.5. The summed E-state index contributed by atoms with van der Waals surface area (Å²) in [5.74, 6) is 1.26. The van der Waals surface area contributed by atoms with Crippen LogP contribution in [0.3, 0.4) is 0 Å². The van der Waals surface area contributed by atoms with Crippen LogP contribution >= 0.6 is 0 Å². The van der Waals surface area contributed by atoms with E-state index >= 15 is 0 Å². The van der Waals surface area contributed by atoms with Crippen LogP contribution in [-0.2, 0) is 4.79 Å². The van der Waals surface area contributed by atoms with E-state index in [2.05, 4.69) is 5.32 Å². The van der Waals surface area contributed by atoms with Crippen molar-refractivity contribution in [3.63, 3.8) is 0 Å². The molecule has 1 aromatic rings. The molecular weight excluding hydrogens is 268 g/mol. The predicted molar refractivity (Wildman–Crippen MR) is 78.2 cm³/mol. The first kappa shape index (κ1) is 13.9. The number of hydrogen-bond acceptors (Lipinski definition) is 3. The zero-order chi connectivity index (χ0) is 14.8. The fourth-order valence-corrected chi connectivity index (χ4v) is 3.23. The number of benzene rings is 1. The number of piperidine rings is 2. The molecule has 1 N–H and O–H groups in total. The fraction of sp³-hybridized carbons (Fsp3) is 0.500. The number of rotatable bonds is 2. The largest absolute Gasteiger partial charge is 0.497 e. The van der Waals surface area contributed by atoms with E-state index in [1.807, 2.05) is 23.1 Å². The van der Waals surface area contributed by atoms with Crippen LogP contribution in [0.4, 0.5) is 0 Å². The van der Waals surface area contributed by atoms with Gasteiger partial charge in [-0.15, -0.1) is 0 Å². The van der Waals surface area contributed by atoms with E-state index in [1.165, 1.54) is 0 Å². The van der Waals surface area contributed by atoms with Gasteiger partial charge in [-0.05, 0) is 37.0 Å². The Labute approximate surface area is 124 Å². The van der Waals surface area contributed by atoms with Crippen molar-refractivity contribution in [1.82, 2.24) is 10.2 Å². The number of likely N-dealkylation sites (tertiary alicyclic amines) is 1. The lowest BCUT2D eigenvalue weighted by Gasteiger charge is -2.41. The summed E-state index contributed by atoms with van der Waals surface area (Å²) in [4.78, 5) is 25.9. The van der Waals surface area contributed by atoms with E-state index in [4.69, 9.17) is 4.74 Å². The van der Waals surface area contributed by atoms with Gasteiger partial charge in [0, 0.05) is 31.1 Å². The van der Waals surface area contributed by atoms with Crippen molar-refractivity contribution in [1.29, 1.82) is 0 Å². The summed E-state index contributed by atoms with van der Waals surface area (Å²) in [5, 5.41) is 3.04. The smallest absolute Gasteiger partial charge is 0.253 e. The lowest BCUT2D eigenvalue weighted by Crippen LogP contribution is -2.55. The van der Waals surface area contributed by atoms with Crippen molar-refractivity contribution in [2.75, 3.05) is 20.2 Å². The molecule has 2 aliphatic heterocycles. The average molecular weight is 288 g/mol. The second-order valence-electron chi connectivity index (χ2n) is 5.74. The molecule has 0 aliphatic carbocycles. The molecule has 0 saturated carbocycles. The van der Waals surface area contributed by atoms with E-state index in [1.54, 1.807) is 13.2 Å². The van der Waals surface area contributed by atoms with Crippen LogP contribution in [-0.4, -0.2) is 43.0 Å². The zero-order valence-electron chi connectivity index (χ0n) is 12.2. The molecule has 2 unspecified atom stereocenters. The van der Waals surface area contributed by atoms with Crippen LogP contribution < -0.4 is 10.1 Å². The Bertz CT molecular complexity index is 558. The summed E-state index contributed by atoms with van der Waals surface area (Å²) in [6, 6.07) is 7.50. The third-order valence-electron chi connectivity index (χ3n) is 4.43. The van der Waals surface area contributed by atoms with Crippen molar-refractivity contribution < 1.29 is 14.3 Å². The number of carbonyl (C=O) groups is 2. The van der Waals surface area contributed by atoms with Gasteiger partial charge < -0.3 is 15.0 Å². The molecule has 2 amide bonds. The molecule has 2 atom stereocenters. The molecule has 2 saturated heterocycles. The highest BCUT2D eigenvalue weighted by Gasteiger charge is 2.35. The Balaban J connectivity index is 1.70. The monoisotopic (exact) mass is 288 g/mol. The second-order valence-corrected chi connectivity index (χ2v) is 5.74. The van der Waals surface area contributed by atoms with E-state index in [0.29, 0.717) is 30.2 Å². The molecule has 21 heavy (non-hydrogen) atoms. The minimum absolute atomic E-state index is 0.0456. The van der Waals surface area contributed by atoms with Crippen LogP contribution in [0.5, 0.6) is 5.75 Å². The standard InChI is InChI=1S/C16H20N2O3/c1-21-13-4-2-3-11(9-13)16(20)18-8-7-14-12(10-18)5-6-15(19)17-14/h2-4,9,12,14H,5-8,10H2,1H3,(H,17,19). The summed E-state index contributed by atoms with van der Waals surface area (Å²) in [6.45, 7) is 1.42. The van der Waals surface area contributed by atoms with Crippen molar-refractivity contribution in [3.05, 3.63) is 29.8 Å². The van der Waals surface area contributed by atoms with Gasteiger partial charge in [-0.1, -0.05) is 6.07 Å². The van der Waals surface area contributed by atoms with Crippen molar-refractivity contribution in [2.45, 2.75) is 25.3 Å². The van der Waals surface area contributed by atoms with Crippen molar-refractivity contribution >= 4 is 11.8 Å². The number of ether oxygens (including phenoxy) is 1. The van der Waals surface area contributed by atoms with E-state index in [-0.39, 0.29) is 17.9 Å². The molecule has 2 fully saturated rings. The van der Waals surface area contributed by atoms with Gasteiger partial charge in [0.2, 0.25) is 5.91 Å². The first-order valence-corrected chi connectivity index (χ1v) is 7.40. The minimum Gasteiger partial charge on any atom is -0.497 e. The van der Waals surface area contributed by atoms with Gasteiger partial charge in [-0.25, -0.2) is 0 Å². The van der Waals surface area contributed by atoms with E-state index in [9.17, 15) is 9.59 Å². The summed E-state index contributed by atoms with van der Waals surface area (Å²) >= 11 is 0. The minimum atomic E-state index is 0.0456. The number of amides is 2. The molecule has 1 aromatic carbocycles. The second kappa shape index (κ2) is 5.76. The Kier molecular flexibility index (Phi) is 3.82. The molecule has 5 nitrogen and oxygen atoms in total. The molecule has 2 heterocycles. The van der Waals surface area contributed by atoms with Crippen LogP contribution in [0.15, 0.2) is 24.3 Å². The molecule has 0 spiro atoms. The van der Waals surface area contributed by atoms with Gasteiger partial charge >= 0.3 is 0 Å². The highest BCUT2D eigenvalue weighted by molar-refractivity contribution is 5.94. The predicted octanol–water partition coefficient (Wildman–Crippen LogP) is 1.44. The van der Waals surface area contributed by atoms with Gasteiger partial charge in [-0.2, -0.15) is 0 Å². The zero-order valence-corrected chi connectivity index (χ0v) is 12.2. The molecule has 5 heteroatoms. The maximum absolute atomic E-state index is 12.6. The van der Waals surface area contributed by atoms with Crippen LogP contribution in [0, 0.1) is 5.92 Å².